The molecule has 33 heavy (non-hydrogen) atoms. The van der Waals surface area contributed by atoms with Crippen molar-refractivity contribution in [3.63, 3.8) is 0 Å². The van der Waals surface area contributed by atoms with E-state index in [0.29, 0.717) is 40.3 Å². The van der Waals surface area contributed by atoms with Crippen LogP contribution in [0.1, 0.15) is 38.3 Å². The SMILES string of the molecule is COc1ccc(C2C3=C(CC(C)(C)CC3=O)Nc3nc(-c4ccccc4Cl)nn32)c(OC)c1. The van der Waals surface area contributed by atoms with Crippen molar-refractivity contribution in [2.24, 2.45) is 5.41 Å². The van der Waals surface area contributed by atoms with E-state index in [1.54, 1.807) is 18.9 Å². The van der Waals surface area contributed by atoms with Gasteiger partial charge in [0, 0.05) is 34.9 Å². The second-order valence-corrected chi connectivity index (χ2v) is 9.56. The maximum Gasteiger partial charge on any atom is 0.226 e. The third kappa shape index (κ3) is 3.66. The maximum absolute atomic E-state index is 13.4. The zero-order valence-electron chi connectivity index (χ0n) is 19.0. The van der Waals surface area contributed by atoms with Gasteiger partial charge in [0.1, 0.15) is 17.5 Å². The van der Waals surface area contributed by atoms with Crippen molar-refractivity contribution in [1.29, 1.82) is 0 Å². The molecule has 170 valence electrons. The summed E-state index contributed by atoms with van der Waals surface area (Å²) in [6.07, 6.45) is 1.20. The molecule has 1 unspecified atom stereocenters. The highest BCUT2D eigenvalue weighted by Gasteiger charge is 2.42. The van der Waals surface area contributed by atoms with Gasteiger partial charge in [-0.3, -0.25) is 4.79 Å². The van der Waals surface area contributed by atoms with Gasteiger partial charge in [-0.1, -0.05) is 37.6 Å². The Hall–Kier alpha value is -3.32. The average molecular weight is 465 g/mol. The Balaban J connectivity index is 1.73. The Morgan fingerprint density at radius 1 is 1.12 bits per heavy atom. The molecule has 1 aromatic heterocycles. The van der Waals surface area contributed by atoms with E-state index in [2.05, 4.69) is 19.2 Å². The van der Waals surface area contributed by atoms with Gasteiger partial charge in [0.15, 0.2) is 11.6 Å². The van der Waals surface area contributed by atoms with Gasteiger partial charge >= 0.3 is 0 Å². The number of hydrogen-bond donors (Lipinski definition) is 1. The second kappa shape index (κ2) is 7.92. The number of ketones is 1. The van der Waals surface area contributed by atoms with Crippen LogP contribution >= 0.6 is 11.6 Å². The zero-order chi connectivity index (χ0) is 23.3. The van der Waals surface area contributed by atoms with Gasteiger partial charge < -0.3 is 14.8 Å². The molecular formula is C25H25ClN4O3. The molecule has 1 atom stereocenters. The lowest BCUT2D eigenvalue weighted by Gasteiger charge is -2.38. The van der Waals surface area contributed by atoms with E-state index in [9.17, 15) is 4.79 Å². The zero-order valence-corrected chi connectivity index (χ0v) is 19.7. The van der Waals surface area contributed by atoms with Crippen molar-refractivity contribution < 1.29 is 14.3 Å². The number of nitrogens with one attached hydrogen (secondary N) is 1. The lowest BCUT2D eigenvalue weighted by Crippen LogP contribution is -2.36. The summed E-state index contributed by atoms with van der Waals surface area (Å²) in [6, 6.07) is 12.6. The van der Waals surface area contributed by atoms with E-state index in [1.807, 2.05) is 42.5 Å². The highest BCUT2D eigenvalue weighted by molar-refractivity contribution is 6.33. The average Bonchev–Trinajstić information content (AvgIpc) is 3.20. The Bertz CT molecular complexity index is 1290. The lowest BCUT2D eigenvalue weighted by molar-refractivity contribution is -0.118. The molecule has 2 aliphatic rings. The second-order valence-electron chi connectivity index (χ2n) is 9.15. The molecule has 1 aliphatic carbocycles. The molecule has 0 bridgehead atoms. The highest BCUT2D eigenvalue weighted by Crippen LogP contribution is 2.47. The monoisotopic (exact) mass is 464 g/mol. The summed E-state index contributed by atoms with van der Waals surface area (Å²) in [7, 11) is 3.22. The molecule has 2 heterocycles. The van der Waals surface area contributed by atoms with Crippen molar-refractivity contribution in [3.05, 3.63) is 64.3 Å². The Kier molecular flexibility index (Phi) is 5.16. The molecule has 0 spiro atoms. The number of aromatic nitrogens is 3. The molecule has 3 aromatic rings. The Morgan fingerprint density at radius 2 is 1.91 bits per heavy atom. The summed E-state index contributed by atoms with van der Waals surface area (Å²) in [6.45, 7) is 4.21. The summed E-state index contributed by atoms with van der Waals surface area (Å²) in [5.74, 6) is 2.44. The first-order valence-electron chi connectivity index (χ1n) is 10.8. The highest BCUT2D eigenvalue weighted by atomic mass is 35.5. The summed E-state index contributed by atoms with van der Waals surface area (Å²) in [4.78, 5) is 18.2. The molecule has 0 saturated heterocycles. The first-order chi connectivity index (χ1) is 15.8. The largest absolute Gasteiger partial charge is 0.497 e. The van der Waals surface area contributed by atoms with Gasteiger partial charge in [0.05, 0.1) is 19.2 Å². The number of benzene rings is 2. The van der Waals surface area contributed by atoms with Crippen LogP contribution in [0.25, 0.3) is 11.4 Å². The van der Waals surface area contributed by atoms with Crippen molar-refractivity contribution in [2.45, 2.75) is 32.7 Å². The normalized spacial score (nSPS) is 18.9. The number of methoxy groups -OCH3 is 2. The molecule has 0 saturated carbocycles. The van der Waals surface area contributed by atoms with Gasteiger partial charge in [-0.25, -0.2) is 4.68 Å². The fraction of sp³-hybridized carbons (Fsp3) is 0.320. The number of nitrogens with zero attached hydrogens (tertiary/aromatic N) is 3. The molecule has 1 N–H and O–H groups in total. The molecule has 5 rings (SSSR count). The number of ether oxygens (including phenoxy) is 2. The van der Waals surface area contributed by atoms with Crippen LogP contribution in [0.3, 0.4) is 0 Å². The predicted octanol–water partition coefficient (Wildman–Crippen LogP) is 5.27. The Morgan fingerprint density at radius 3 is 2.64 bits per heavy atom. The molecule has 8 heteroatoms. The predicted molar refractivity (Wildman–Crippen MR) is 127 cm³/mol. The van der Waals surface area contributed by atoms with E-state index in [-0.39, 0.29) is 11.2 Å². The number of hydrogen-bond acceptors (Lipinski definition) is 6. The minimum Gasteiger partial charge on any atom is -0.497 e. The van der Waals surface area contributed by atoms with Crippen LogP contribution in [0.2, 0.25) is 5.02 Å². The van der Waals surface area contributed by atoms with E-state index in [0.717, 1.165) is 23.2 Å². The summed E-state index contributed by atoms with van der Waals surface area (Å²) in [5.41, 5.74) is 2.97. The van der Waals surface area contributed by atoms with Crippen molar-refractivity contribution in [3.8, 4) is 22.9 Å². The topological polar surface area (TPSA) is 78.3 Å². The van der Waals surface area contributed by atoms with Crippen LogP contribution in [0.5, 0.6) is 11.5 Å². The summed E-state index contributed by atoms with van der Waals surface area (Å²) < 4.78 is 12.8. The lowest BCUT2D eigenvalue weighted by atomic mass is 9.73. The fourth-order valence-corrected chi connectivity index (χ4v) is 4.92. The van der Waals surface area contributed by atoms with Crippen LogP contribution in [0.4, 0.5) is 5.95 Å². The number of allylic oxidation sites excluding steroid dienone is 2. The van der Waals surface area contributed by atoms with E-state index in [4.69, 9.17) is 31.2 Å². The van der Waals surface area contributed by atoms with Crippen molar-refractivity contribution >= 4 is 23.3 Å². The standard InChI is InChI=1S/C25H25ClN4O3/c1-25(2)12-18-21(19(31)13-25)22(16-10-9-14(32-3)11-20(16)33-4)30-24(27-18)28-23(29-30)15-7-5-6-8-17(15)26/h5-11,22H,12-13H2,1-4H3,(H,27,28,29). The van der Waals surface area contributed by atoms with Crippen LogP contribution in [0, 0.1) is 5.41 Å². The number of Topliss-reactive ketones (excluding diaryl/α,β-unsaturated/α-hetero) is 1. The summed E-state index contributed by atoms with van der Waals surface area (Å²) >= 11 is 6.43. The number of fused-ring (bicyclic) bond motifs is 1. The van der Waals surface area contributed by atoms with Gasteiger partial charge in [-0.05, 0) is 36.1 Å². The third-order valence-corrected chi connectivity index (χ3v) is 6.51. The number of halogens is 1. The van der Waals surface area contributed by atoms with E-state index >= 15 is 0 Å². The van der Waals surface area contributed by atoms with E-state index in [1.165, 1.54) is 0 Å². The Labute approximate surface area is 197 Å². The van der Waals surface area contributed by atoms with Gasteiger partial charge in [0.2, 0.25) is 5.95 Å². The minimum atomic E-state index is -0.482. The van der Waals surface area contributed by atoms with Crippen LogP contribution in [-0.4, -0.2) is 34.8 Å². The molecular weight excluding hydrogens is 440 g/mol. The first kappa shape index (κ1) is 21.5. The first-order valence-corrected chi connectivity index (χ1v) is 11.2. The smallest absolute Gasteiger partial charge is 0.226 e. The van der Waals surface area contributed by atoms with Gasteiger partial charge in [0.25, 0.3) is 0 Å². The third-order valence-electron chi connectivity index (χ3n) is 6.18. The molecule has 1 aliphatic heterocycles. The number of rotatable bonds is 4. The van der Waals surface area contributed by atoms with Gasteiger partial charge in [-0.2, -0.15) is 4.98 Å². The summed E-state index contributed by atoms with van der Waals surface area (Å²) in [5, 5.41) is 8.76. The molecule has 0 radical (unpaired) electrons. The van der Waals surface area contributed by atoms with Crippen LogP contribution in [-0.2, 0) is 4.79 Å². The number of carbonyl (C=O) groups excluding carboxylic acids is 1. The maximum atomic E-state index is 13.4. The molecule has 0 amide bonds. The van der Waals surface area contributed by atoms with Crippen molar-refractivity contribution in [1.82, 2.24) is 14.8 Å². The van der Waals surface area contributed by atoms with E-state index < -0.39 is 6.04 Å². The molecule has 2 aromatic carbocycles. The van der Waals surface area contributed by atoms with Crippen molar-refractivity contribution in [2.75, 3.05) is 19.5 Å². The molecule has 7 nitrogen and oxygen atoms in total. The quantitative estimate of drug-likeness (QED) is 0.566. The van der Waals surface area contributed by atoms with Gasteiger partial charge in [-0.15, -0.1) is 5.10 Å². The van der Waals surface area contributed by atoms with Crippen LogP contribution < -0.4 is 14.8 Å². The minimum absolute atomic E-state index is 0.0945. The number of anilines is 1. The molecule has 0 fully saturated rings. The van der Waals surface area contributed by atoms with Crippen LogP contribution in [0.15, 0.2) is 53.7 Å². The number of carbonyl (C=O) groups is 1. The fourth-order valence-electron chi connectivity index (χ4n) is 4.70.